The summed E-state index contributed by atoms with van der Waals surface area (Å²) in [5.74, 6) is -0.994. The van der Waals surface area contributed by atoms with E-state index in [2.05, 4.69) is 22.6 Å². The molecule has 1 aromatic carbocycles. The van der Waals surface area contributed by atoms with Gasteiger partial charge in [0.2, 0.25) is 0 Å². The van der Waals surface area contributed by atoms with E-state index in [1.165, 1.54) is 0 Å². The number of carboxylic acids is 1. The molecule has 0 spiro atoms. The molecule has 0 radical (unpaired) electrons. The summed E-state index contributed by atoms with van der Waals surface area (Å²) in [7, 11) is 0. The van der Waals surface area contributed by atoms with Crippen LogP contribution in [0.3, 0.4) is 0 Å². The molecule has 0 unspecified atom stereocenters. The van der Waals surface area contributed by atoms with E-state index in [9.17, 15) is 9.90 Å². The highest BCUT2D eigenvalue weighted by molar-refractivity contribution is 14.1. The van der Waals surface area contributed by atoms with Crippen LogP contribution in [0.5, 0.6) is 0 Å². The van der Waals surface area contributed by atoms with E-state index in [4.69, 9.17) is 5.11 Å². The second kappa shape index (κ2) is 4.57. The molecule has 0 heterocycles. The first kappa shape index (κ1) is 10.5. The fourth-order valence-corrected chi connectivity index (χ4v) is 1.33. The normalized spacial score (nSPS) is 12.5. The largest absolute Gasteiger partial charge is 0.481 e. The van der Waals surface area contributed by atoms with E-state index in [1.807, 2.05) is 12.1 Å². The van der Waals surface area contributed by atoms with Gasteiger partial charge in [0.15, 0.2) is 0 Å². The zero-order chi connectivity index (χ0) is 9.84. The van der Waals surface area contributed by atoms with Crippen molar-refractivity contribution in [3.8, 4) is 0 Å². The fraction of sp³-hybridized carbons (Fsp3) is 0.222. The van der Waals surface area contributed by atoms with E-state index in [-0.39, 0.29) is 6.42 Å². The van der Waals surface area contributed by atoms with Crippen molar-refractivity contribution in [2.45, 2.75) is 12.5 Å². The SMILES string of the molecule is O=C(O)C[C@H](O)c1ccc(I)cc1. The van der Waals surface area contributed by atoms with Crippen molar-refractivity contribution >= 4 is 28.6 Å². The third-order valence-corrected chi connectivity index (χ3v) is 2.34. The fourth-order valence-electron chi connectivity index (χ4n) is 0.968. The summed E-state index contributed by atoms with van der Waals surface area (Å²) in [5, 5.41) is 17.8. The highest BCUT2D eigenvalue weighted by Crippen LogP contribution is 2.17. The first-order chi connectivity index (χ1) is 6.09. The molecule has 2 N–H and O–H groups in total. The second-order valence-electron chi connectivity index (χ2n) is 2.67. The molecule has 1 atom stereocenters. The number of halogens is 1. The number of aliphatic hydroxyl groups is 1. The van der Waals surface area contributed by atoms with Crippen LogP contribution >= 0.6 is 22.6 Å². The van der Waals surface area contributed by atoms with Crippen molar-refractivity contribution in [1.29, 1.82) is 0 Å². The summed E-state index contributed by atoms with van der Waals surface area (Å²) in [6.07, 6.45) is -1.16. The van der Waals surface area contributed by atoms with E-state index >= 15 is 0 Å². The molecule has 0 bridgehead atoms. The molecular weight excluding hydrogens is 283 g/mol. The van der Waals surface area contributed by atoms with Gasteiger partial charge in [-0.05, 0) is 40.3 Å². The monoisotopic (exact) mass is 292 g/mol. The van der Waals surface area contributed by atoms with Crippen molar-refractivity contribution < 1.29 is 15.0 Å². The van der Waals surface area contributed by atoms with Crippen LogP contribution in [0.1, 0.15) is 18.1 Å². The Morgan fingerprint density at radius 2 is 1.92 bits per heavy atom. The zero-order valence-corrected chi connectivity index (χ0v) is 8.93. The van der Waals surface area contributed by atoms with E-state index in [1.54, 1.807) is 12.1 Å². The average Bonchev–Trinajstić information content (AvgIpc) is 2.04. The number of aliphatic carboxylic acids is 1. The topological polar surface area (TPSA) is 57.5 Å². The summed E-state index contributed by atoms with van der Waals surface area (Å²) >= 11 is 2.15. The maximum absolute atomic E-state index is 10.3. The number of benzene rings is 1. The van der Waals surface area contributed by atoms with Gasteiger partial charge in [-0.25, -0.2) is 0 Å². The standard InChI is InChI=1S/C9H9IO3/c10-7-3-1-6(2-4-7)8(11)5-9(12)13/h1-4,8,11H,5H2,(H,12,13)/t8-/m0/s1. The van der Waals surface area contributed by atoms with Gasteiger partial charge in [-0.3, -0.25) is 4.79 Å². The quantitative estimate of drug-likeness (QED) is 0.835. The summed E-state index contributed by atoms with van der Waals surface area (Å²) in [6, 6.07) is 7.13. The van der Waals surface area contributed by atoms with Crippen molar-refractivity contribution in [3.05, 3.63) is 33.4 Å². The van der Waals surface area contributed by atoms with Gasteiger partial charge in [-0.2, -0.15) is 0 Å². The number of carboxylic acid groups (broad SMARTS) is 1. The highest BCUT2D eigenvalue weighted by atomic mass is 127. The summed E-state index contributed by atoms with van der Waals surface area (Å²) in [4.78, 5) is 10.3. The third-order valence-electron chi connectivity index (χ3n) is 1.62. The maximum atomic E-state index is 10.3. The predicted octanol–water partition coefficient (Wildman–Crippen LogP) is 1.80. The van der Waals surface area contributed by atoms with Crippen LogP contribution in [0, 0.1) is 3.57 Å². The first-order valence-corrected chi connectivity index (χ1v) is 4.83. The Morgan fingerprint density at radius 3 is 2.38 bits per heavy atom. The lowest BCUT2D eigenvalue weighted by Gasteiger charge is -2.07. The van der Waals surface area contributed by atoms with E-state index in [0.717, 1.165) is 3.57 Å². The lowest BCUT2D eigenvalue weighted by Crippen LogP contribution is -2.05. The number of aliphatic hydroxyl groups excluding tert-OH is 1. The number of rotatable bonds is 3. The van der Waals surface area contributed by atoms with Gasteiger partial charge >= 0.3 is 5.97 Å². The minimum absolute atomic E-state index is 0.249. The lowest BCUT2D eigenvalue weighted by atomic mass is 10.1. The molecule has 1 rings (SSSR count). The molecule has 70 valence electrons. The van der Waals surface area contributed by atoms with Crippen molar-refractivity contribution in [2.24, 2.45) is 0 Å². The molecule has 0 aliphatic rings. The van der Waals surface area contributed by atoms with Crippen molar-refractivity contribution in [2.75, 3.05) is 0 Å². The molecule has 13 heavy (non-hydrogen) atoms. The van der Waals surface area contributed by atoms with E-state index in [0.29, 0.717) is 5.56 Å². The molecule has 0 amide bonds. The number of carbonyl (C=O) groups is 1. The molecule has 0 fully saturated rings. The number of hydrogen-bond donors (Lipinski definition) is 2. The smallest absolute Gasteiger partial charge is 0.306 e. The van der Waals surface area contributed by atoms with Crippen LogP contribution in [0.15, 0.2) is 24.3 Å². The Hall–Kier alpha value is -0.620. The Labute approximate surface area is 89.5 Å². The second-order valence-corrected chi connectivity index (χ2v) is 3.91. The lowest BCUT2D eigenvalue weighted by molar-refractivity contribution is -0.139. The Bertz CT molecular complexity index is 294. The van der Waals surface area contributed by atoms with Gasteiger partial charge in [-0.15, -0.1) is 0 Å². The molecule has 4 heteroatoms. The van der Waals surface area contributed by atoms with Gasteiger partial charge in [0.25, 0.3) is 0 Å². The van der Waals surface area contributed by atoms with Crippen LogP contribution in [0.4, 0.5) is 0 Å². The zero-order valence-electron chi connectivity index (χ0n) is 6.77. The average molecular weight is 292 g/mol. The molecule has 0 saturated carbocycles. The summed E-state index contributed by atoms with van der Waals surface area (Å²) < 4.78 is 1.06. The predicted molar refractivity (Wildman–Crippen MR) is 56.4 cm³/mol. The highest BCUT2D eigenvalue weighted by Gasteiger charge is 2.11. The van der Waals surface area contributed by atoms with Gasteiger partial charge in [0.1, 0.15) is 0 Å². The molecule has 0 saturated heterocycles. The minimum atomic E-state index is -0.994. The third kappa shape index (κ3) is 3.31. The molecule has 3 nitrogen and oxygen atoms in total. The Balaban J connectivity index is 2.71. The minimum Gasteiger partial charge on any atom is -0.481 e. The molecular formula is C9H9IO3. The van der Waals surface area contributed by atoms with Gasteiger partial charge in [0, 0.05) is 3.57 Å². The summed E-state index contributed by atoms with van der Waals surface area (Å²) in [5.41, 5.74) is 0.641. The van der Waals surface area contributed by atoms with Crippen LogP contribution in [0.2, 0.25) is 0 Å². The first-order valence-electron chi connectivity index (χ1n) is 3.75. The van der Waals surface area contributed by atoms with Gasteiger partial charge in [0.05, 0.1) is 12.5 Å². The van der Waals surface area contributed by atoms with Crippen molar-refractivity contribution in [3.63, 3.8) is 0 Å². The Morgan fingerprint density at radius 1 is 1.38 bits per heavy atom. The number of hydrogen-bond acceptors (Lipinski definition) is 2. The van der Waals surface area contributed by atoms with Crippen LogP contribution < -0.4 is 0 Å². The molecule has 1 aromatic rings. The van der Waals surface area contributed by atoms with E-state index < -0.39 is 12.1 Å². The van der Waals surface area contributed by atoms with Crippen molar-refractivity contribution in [1.82, 2.24) is 0 Å². The van der Waals surface area contributed by atoms with Gasteiger partial charge in [-0.1, -0.05) is 12.1 Å². The molecule has 0 aromatic heterocycles. The van der Waals surface area contributed by atoms with Gasteiger partial charge < -0.3 is 10.2 Å². The van der Waals surface area contributed by atoms with Crippen LogP contribution in [0.25, 0.3) is 0 Å². The Kier molecular flexibility index (Phi) is 3.68. The van der Waals surface area contributed by atoms with Crippen LogP contribution in [-0.4, -0.2) is 16.2 Å². The maximum Gasteiger partial charge on any atom is 0.306 e. The molecule has 0 aliphatic heterocycles. The molecule has 0 aliphatic carbocycles. The summed E-state index contributed by atoms with van der Waals surface area (Å²) in [6.45, 7) is 0. The van der Waals surface area contributed by atoms with Crippen LogP contribution in [-0.2, 0) is 4.79 Å².